The summed E-state index contributed by atoms with van der Waals surface area (Å²) < 4.78 is 5.44. The summed E-state index contributed by atoms with van der Waals surface area (Å²) in [6.07, 6.45) is 5.77. The fourth-order valence-corrected chi connectivity index (χ4v) is 1.89. The Morgan fingerprint density at radius 3 is 2.53 bits per heavy atom. The van der Waals surface area contributed by atoms with Gasteiger partial charge in [0.1, 0.15) is 0 Å². The average molecular weight is 236 g/mol. The third kappa shape index (κ3) is 4.81. The molecule has 0 heterocycles. The Labute approximate surface area is 105 Å². The highest BCUT2D eigenvalue weighted by molar-refractivity contribution is 5.72. The third-order valence-electron chi connectivity index (χ3n) is 3.30. The summed E-state index contributed by atoms with van der Waals surface area (Å²) in [5, 5.41) is 0. The molecule has 2 nitrogen and oxygen atoms in total. The lowest BCUT2D eigenvalue weighted by Gasteiger charge is -2.21. The van der Waals surface area contributed by atoms with Gasteiger partial charge in [-0.2, -0.15) is 0 Å². The first-order valence-electron chi connectivity index (χ1n) is 6.70. The van der Waals surface area contributed by atoms with Crippen molar-refractivity contribution in [3.63, 3.8) is 0 Å². The molecular formula is C15H24O2. The van der Waals surface area contributed by atoms with Crippen LogP contribution in [-0.4, -0.2) is 11.6 Å². The molecule has 17 heavy (non-hydrogen) atoms. The number of ether oxygens (including phenoxy) is 1. The first-order valence-corrected chi connectivity index (χ1v) is 6.70. The lowest BCUT2D eigenvalue weighted by Crippen LogP contribution is -2.29. The second-order valence-corrected chi connectivity index (χ2v) is 5.49. The second kappa shape index (κ2) is 6.10. The minimum Gasteiger partial charge on any atom is -0.446 e. The SMILES string of the molecule is CCC(C)C(=O)OC(C)(C)C#CC1CCCC1. The first-order chi connectivity index (χ1) is 7.94. The summed E-state index contributed by atoms with van der Waals surface area (Å²) in [6, 6.07) is 0. The van der Waals surface area contributed by atoms with Gasteiger partial charge in [0.05, 0.1) is 5.92 Å². The van der Waals surface area contributed by atoms with E-state index in [1.54, 1.807) is 0 Å². The van der Waals surface area contributed by atoms with Crippen LogP contribution in [-0.2, 0) is 9.53 Å². The number of carbonyl (C=O) groups excluding carboxylic acids is 1. The third-order valence-corrected chi connectivity index (χ3v) is 3.30. The first kappa shape index (κ1) is 14.1. The van der Waals surface area contributed by atoms with Gasteiger partial charge in [0.15, 0.2) is 5.60 Å². The molecule has 2 heteroatoms. The van der Waals surface area contributed by atoms with Gasteiger partial charge in [-0.1, -0.05) is 38.5 Å². The van der Waals surface area contributed by atoms with E-state index in [1.165, 1.54) is 25.7 Å². The molecule has 0 aromatic heterocycles. The number of esters is 1. The summed E-state index contributed by atoms with van der Waals surface area (Å²) in [5.74, 6) is 6.71. The monoisotopic (exact) mass is 236 g/mol. The van der Waals surface area contributed by atoms with Crippen LogP contribution < -0.4 is 0 Å². The van der Waals surface area contributed by atoms with Crippen LogP contribution in [0.25, 0.3) is 0 Å². The molecule has 0 bridgehead atoms. The highest BCUT2D eigenvalue weighted by Gasteiger charge is 2.23. The normalized spacial score (nSPS) is 18.4. The van der Waals surface area contributed by atoms with E-state index in [0.717, 1.165) is 6.42 Å². The van der Waals surface area contributed by atoms with Crippen LogP contribution >= 0.6 is 0 Å². The van der Waals surface area contributed by atoms with Gasteiger partial charge in [-0.15, -0.1) is 0 Å². The van der Waals surface area contributed by atoms with Crippen molar-refractivity contribution in [2.75, 3.05) is 0 Å². The number of rotatable bonds is 3. The van der Waals surface area contributed by atoms with Crippen LogP contribution in [0.4, 0.5) is 0 Å². The summed E-state index contributed by atoms with van der Waals surface area (Å²) in [4.78, 5) is 11.7. The topological polar surface area (TPSA) is 26.3 Å². The van der Waals surface area contributed by atoms with Crippen molar-refractivity contribution >= 4 is 5.97 Å². The van der Waals surface area contributed by atoms with E-state index in [0.29, 0.717) is 5.92 Å². The van der Waals surface area contributed by atoms with Crippen molar-refractivity contribution in [3.05, 3.63) is 0 Å². The molecule has 1 aliphatic carbocycles. The standard InChI is InChI=1S/C15H24O2/c1-5-12(2)14(16)17-15(3,4)11-10-13-8-6-7-9-13/h12-13H,5-9H2,1-4H3. The Morgan fingerprint density at radius 1 is 1.41 bits per heavy atom. The lowest BCUT2D eigenvalue weighted by molar-refractivity contribution is -0.156. The number of carbonyl (C=O) groups is 1. The Hall–Kier alpha value is -0.970. The Bertz CT molecular complexity index is 314. The fraction of sp³-hybridized carbons (Fsp3) is 0.800. The summed E-state index contributed by atoms with van der Waals surface area (Å²) in [5.41, 5.74) is -0.650. The molecule has 0 aromatic carbocycles. The van der Waals surface area contributed by atoms with E-state index in [9.17, 15) is 4.79 Å². The molecule has 0 radical (unpaired) electrons. The van der Waals surface area contributed by atoms with Crippen LogP contribution in [0.2, 0.25) is 0 Å². The zero-order valence-corrected chi connectivity index (χ0v) is 11.5. The van der Waals surface area contributed by atoms with E-state index in [-0.39, 0.29) is 11.9 Å². The largest absolute Gasteiger partial charge is 0.446 e. The zero-order valence-electron chi connectivity index (χ0n) is 11.5. The molecule has 0 amide bonds. The average Bonchev–Trinajstić information content (AvgIpc) is 2.77. The predicted molar refractivity (Wildman–Crippen MR) is 69.4 cm³/mol. The predicted octanol–water partition coefficient (Wildman–Crippen LogP) is 3.55. The van der Waals surface area contributed by atoms with E-state index in [4.69, 9.17) is 4.74 Å². The van der Waals surface area contributed by atoms with Gasteiger partial charge < -0.3 is 4.74 Å². The smallest absolute Gasteiger partial charge is 0.310 e. The Morgan fingerprint density at radius 2 is 2.00 bits per heavy atom. The van der Waals surface area contributed by atoms with Crippen LogP contribution in [0.15, 0.2) is 0 Å². The molecule has 1 fully saturated rings. The highest BCUT2D eigenvalue weighted by atomic mass is 16.6. The highest BCUT2D eigenvalue weighted by Crippen LogP contribution is 2.24. The molecule has 0 N–H and O–H groups in total. The summed E-state index contributed by atoms with van der Waals surface area (Å²) in [6.45, 7) is 7.62. The molecule has 0 spiro atoms. The Kier molecular flexibility index (Phi) is 5.05. The van der Waals surface area contributed by atoms with Crippen LogP contribution in [0.3, 0.4) is 0 Å². The Balaban J connectivity index is 2.52. The van der Waals surface area contributed by atoms with Gasteiger partial charge in [-0.25, -0.2) is 0 Å². The van der Waals surface area contributed by atoms with Crippen molar-refractivity contribution in [2.45, 2.75) is 65.4 Å². The van der Waals surface area contributed by atoms with E-state index >= 15 is 0 Å². The van der Waals surface area contributed by atoms with E-state index in [2.05, 4.69) is 11.8 Å². The minimum absolute atomic E-state index is 0.0393. The van der Waals surface area contributed by atoms with Gasteiger partial charge >= 0.3 is 5.97 Å². The number of hydrogen-bond donors (Lipinski definition) is 0. The molecule has 1 rings (SSSR count). The maximum absolute atomic E-state index is 11.7. The van der Waals surface area contributed by atoms with Gasteiger partial charge in [-0.05, 0) is 33.1 Å². The zero-order chi connectivity index (χ0) is 12.9. The lowest BCUT2D eigenvalue weighted by atomic mass is 10.0. The molecule has 96 valence electrons. The molecule has 1 unspecified atom stereocenters. The molecule has 0 aromatic rings. The van der Waals surface area contributed by atoms with Crippen molar-refractivity contribution < 1.29 is 9.53 Å². The van der Waals surface area contributed by atoms with Crippen molar-refractivity contribution in [2.24, 2.45) is 11.8 Å². The van der Waals surface area contributed by atoms with Crippen molar-refractivity contribution in [1.29, 1.82) is 0 Å². The van der Waals surface area contributed by atoms with Gasteiger partial charge in [0.25, 0.3) is 0 Å². The van der Waals surface area contributed by atoms with Gasteiger partial charge in [0.2, 0.25) is 0 Å². The molecule has 1 aliphatic rings. The second-order valence-electron chi connectivity index (χ2n) is 5.49. The molecular weight excluding hydrogens is 212 g/mol. The van der Waals surface area contributed by atoms with Gasteiger partial charge in [-0.3, -0.25) is 4.79 Å². The van der Waals surface area contributed by atoms with Crippen molar-refractivity contribution in [1.82, 2.24) is 0 Å². The molecule has 0 aliphatic heterocycles. The molecule has 0 saturated heterocycles. The van der Waals surface area contributed by atoms with Crippen LogP contribution in [0, 0.1) is 23.7 Å². The quantitative estimate of drug-likeness (QED) is 0.553. The number of hydrogen-bond acceptors (Lipinski definition) is 2. The van der Waals surface area contributed by atoms with Crippen molar-refractivity contribution in [3.8, 4) is 11.8 Å². The maximum Gasteiger partial charge on any atom is 0.310 e. The minimum atomic E-state index is -0.650. The van der Waals surface area contributed by atoms with Crippen LogP contribution in [0.5, 0.6) is 0 Å². The summed E-state index contributed by atoms with van der Waals surface area (Å²) >= 11 is 0. The van der Waals surface area contributed by atoms with Crippen LogP contribution in [0.1, 0.15) is 59.8 Å². The maximum atomic E-state index is 11.7. The van der Waals surface area contributed by atoms with E-state index in [1.807, 2.05) is 27.7 Å². The fourth-order valence-electron chi connectivity index (χ4n) is 1.89. The summed E-state index contributed by atoms with van der Waals surface area (Å²) in [7, 11) is 0. The van der Waals surface area contributed by atoms with Gasteiger partial charge in [0, 0.05) is 5.92 Å². The molecule has 1 atom stereocenters. The molecule has 1 saturated carbocycles. The van der Waals surface area contributed by atoms with E-state index < -0.39 is 5.60 Å².